The largest absolute Gasteiger partial charge is 0.385 e. The van der Waals surface area contributed by atoms with Crippen molar-refractivity contribution in [2.75, 3.05) is 11.9 Å². The number of fused-ring (bicyclic) bond motifs is 1. The Bertz CT molecular complexity index is 777. The molecule has 1 heterocycles. The Morgan fingerprint density at radius 2 is 1.88 bits per heavy atom. The minimum Gasteiger partial charge on any atom is -0.385 e. The van der Waals surface area contributed by atoms with Gasteiger partial charge in [-0.25, -0.2) is 0 Å². The summed E-state index contributed by atoms with van der Waals surface area (Å²) in [6, 6.07) is 17.3. The normalized spacial score (nSPS) is 16.0. The molecule has 0 spiro atoms. The molecular weight excluding hydrogens is 314 g/mol. The van der Waals surface area contributed by atoms with Gasteiger partial charge in [-0.05, 0) is 47.6 Å². The standard InChI is InChI=1S/C25H31N/c1-4-5-7-12-21(14-13-20-10-8-6-9-11-20)22-15-16-23-24(19-22)26-18-17-25(23,2)3/h6,8-11,15-16,19,21,26H,4-5,7,12,17-18H2,1-3H3. The molecular formula is C25H31N. The third-order valence-electron chi connectivity index (χ3n) is 5.50. The van der Waals surface area contributed by atoms with E-state index in [2.05, 4.69) is 80.4 Å². The molecule has 1 aliphatic rings. The number of hydrogen-bond acceptors (Lipinski definition) is 1. The van der Waals surface area contributed by atoms with E-state index in [1.165, 1.54) is 42.5 Å². The molecule has 1 heteroatoms. The van der Waals surface area contributed by atoms with Crippen LogP contribution in [0.2, 0.25) is 0 Å². The highest BCUT2D eigenvalue weighted by molar-refractivity contribution is 5.59. The van der Waals surface area contributed by atoms with Gasteiger partial charge in [-0.1, -0.05) is 82.2 Å². The van der Waals surface area contributed by atoms with Crippen LogP contribution < -0.4 is 5.32 Å². The summed E-state index contributed by atoms with van der Waals surface area (Å²) >= 11 is 0. The van der Waals surface area contributed by atoms with Gasteiger partial charge in [0.1, 0.15) is 0 Å². The highest BCUT2D eigenvalue weighted by atomic mass is 14.9. The van der Waals surface area contributed by atoms with Crippen LogP contribution in [0.1, 0.15) is 75.5 Å². The topological polar surface area (TPSA) is 12.0 Å². The molecule has 0 bridgehead atoms. The summed E-state index contributed by atoms with van der Waals surface area (Å²) in [7, 11) is 0. The highest BCUT2D eigenvalue weighted by Gasteiger charge is 2.27. The molecule has 1 unspecified atom stereocenters. The minimum atomic E-state index is 0.256. The maximum Gasteiger partial charge on any atom is 0.0456 e. The molecule has 1 aliphatic heterocycles. The Balaban J connectivity index is 1.88. The van der Waals surface area contributed by atoms with Crippen molar-refractivity contribution in [3.63, 3.8) is 0 Å². The summed E-state index contributed by atoms with van der Waals surface area (Å²) in [5.41, 5.74) is 5.46. The highest BCUT2D eigenvalue weighted by Crippen LogP contribution is 2.38. The van der Waals surface area contributed by atoms with E-state index in [0.717, 1.165) is 18.5 Å². The maximum absolute atomic E-state index is 3.61. The predicted octanol–water partition coefficient (Wildman–Crippen LogP) is 6.50. The number of rotatable bonds is 5. The molecule has 0 saturated carbocycles. The first-order chi connectivity index (χ1) is 12.6. The van der Waals surface area contributed by atoms with Crippen LogP contribution in [0.5, 0.6) is 0 Å². The second kappa shape index (κ2) is 8.45. The van der Waals surface area contributed by atoms with Crippen LogP contribution in [0.3, 0.4) is 0 Å². The van der Waals surface area contributed by atoms with E-state index in [1.807, 2.05) is 6.07 Å². The Kier molecular flexibility index (Phi) is 6.04. The molecule has 0 saturated heterocycles. The van der Waals surface area contributed by atoms with Gasteiger partial charge >= 0.3 is 0 Å². The fraction of sp³-hybridized carbons (Fsp3) is 0.440. The lowest BCUT2D eigenvalue weighted by Gasteiger charge is -2.34. The fourth-order valence-electron chi connectivity index (χ4n) is 3.77. The van der Waals surface area contributed by atoms with Crippen molar-refractivity contribution in [1.29, 1.82) is 0 Å². The summed E-state index contributed by atoms with van der Waals surface area (Å²) in [5.74, 6) is 7.26. The van der Waals surface area contributed by atoms with Crippen LogP contribution >= 0.6 is 0 Å². The van der Waals surface area contributed by atoms with Crippen LogP contribution in [-0.4, -0.2) is 6.54 Å². The molecule has 0 aliphatic carbocycles. The molecule has 3 rings (SSSR count). The lowest BCUT2D eigenvalue weighted by atomic mass is 9.77. The third kappa shape index (κ3) is 4.50. The van der Waals surface area contributed by atoms with Gasteiger partial charge in [-0.3, -0.25) is 0 Å². The number of hydrogen-bond donors (Lipinski definition) is 1. The average molecular weight is 346 g/mol. The fourth-order valence-corrected chi connectivity index (χ4v) is 3.77. The first-order valence-electron chi connectivity index (χ1n) is 10.0. The molecule has 0 amide bonds. The van der Waals surface area contributed by atoms with Gasteiger partial charge in [0, 0.05) is 23.7 Å². The quantitative estimate of drug-likeness (QED) is 0.482. The summed E-state index contributed by atoms with van der Waals surface area (Å²) < 4.78 is 0. The summed E-state index contributed by atoms with van der Waals surface area (Å²) in [6.07, 6.45) is 6.09. The molecule has 1 N–H and O–H groups in total. The SMILES string of the molecule is CCCCCC(C#Cc1ccccc1)c1ccc2c(c1)NCCC2(C)C. The average Bonchev–Trinajstić information content (AvgIpc) is 2.65. The van der Waals surface area contributed by atoms with E-state index in [0.29, 0.717) is 5.92 Å². The number of nitrogens with one attached hydrogen (secondary N) is 1. The molecule has 0 fully saturated rings. The first kappa shape index (κ1) is 18.6. The zero-order valence-corrected chi connectivity index (χ0v) is 16.4. The summed E-state index contributed by atoms with van der Waals surface area (Å²) in [5, 5.41) is 3.61. The Labute approximate surface area is 159 Å². The number of benzene rings is 2. The molecule has 0 aromatic heterocycles. The van der Waals surface area contributed by atoms with Crippen LogP contribution in [0.25, 0.3) is 0 Å². The lowest BCUT2D eigenvalue weighted by Crippen LogP contribution is -2.28. The second-order valence-electron chi connectivity index (χ2n) is 8.05. The molecule has 0 radical (unpaired) electrons. The first-order valence-corrected chi connectivity index (χ1v) is 10.0. The summed E-state index contributed by atoms with van der Waals surface area (Å²) in [4.78, 5) is 0. The number of anilines is 1. The van der Waals surface area contributed by atoms with Gasteiger partial charge < -0.3 is 5.32 Å². The molecule has 1 atom stereocenters. The predicted molar refractivity (Wildman–Crippen MR) is 113 cm³/mol. The molecule has 26 heavy (non-hydrogen) atoms. The van der Waals surface area contributed by atoms with Gasteiger partial charge in [0.2, 0.25) is 0 Å². The summed E-state index contributed by atoms with van der Waals surface area (Å²) in [6.45, 7) is 8.01. The van der Waals surface area contributed by atoms with Gasteiger partial charge in [0.05, 0.1) is 0 Å². The monoisotopic (exact) mass is 345 g/mol. The maximum atomic E-state index is 3.61. The Morgan fingerprint density at radius 3 is 2.65 bits per heavy atom. The van der Waals surface area contributed by atoms with E-state index in [1.54, 1.807) is 0 Å². The van der Waals surface area contributed by atoms with E-state index in [9.17, 15) is 0 Å². The van der Waals surface area contributed by atoms with Crippen LogP contribution in [0, 0.1) is 11.8 Å². The smallest absolute Gasteiger partial charge is 0.0456 e. The van der Waals surface area contributed by atoms with E-state index in [4.69, 9.17) is 0 Å². The van der Waals surface area contributed by atoms with Gasteiger partial charge in [0.25, 0.3) is 0 Å². The Morgan fingerprint density at radius 1 is 1.08 bits per heavy atom. The van der Waals surface area contributed by atoms with Crippen molar-refractivity contribution >= 4 is 5.69 Å². The Hall–Kier alpha value is -2.20. The van der Waals surface area contributed by atoms with Crippen molar-refractivity contribution in [3.05, 3.63) is 65.2 Å². The lowest BCUT2D eigenvalue weighted by molar-refractivity contribution is 0.481. The van der Waals surface area contributed by atoms with Crippen molar-refractivity contribution in [2.45, 2.75) is 64.2 Å². The van der Waals surface area contributed by atoms with Crippen LogP contribution in [0.4, 0.5) is 5.69 Å². The van der Waals surface area contributed by atoms with Gasteiger partial charge in [-0.2, -0.15) is 0 Å². The minimum absolute atomic E-state index is 0.256. The van der Waals surface area contributed by atoms with E-state index < -0.39 is 0 Å². The molecule has 2 aromatic rings. The second-order valence-corrected chi connectivity index (χ2v) is 8.05. The number of unbranched alkanes of at least 4 members (excludes halogenated alkanes) is 2. The van der Waals surface area contributed by atoms with Crippen molar-refractivity contribution < 1.29 is 0 Å². The molecule has 136 valence electrons. The van der Waals surface area contributed by atoms with Gasteiger partial charge in [0.15, 0.2) is 0 Å². The van der Waals surface area contributed by atoms with Crippen LogP contribution in [0.15, 0.2) is 48.5 Å². The van der Waals surface area contributed by atoms with Crippen LogP contribution in [-0.2, 0) is 5.41 Å². The molecule has 2 aromatic carbocycles. The van der Waals surface area contributed by atoms with Gasteiger partial charge in [-0.15, -0.1) is 0 Å². The van der Waals surface area contributed by atoms with E-state index in [-0.39, 0.29) is 5.41 Å². The van der Waals surface area contributed by atoms with Crippen molar-refractivity contribution in [1.82, 2.24) is 0 Å². The zero-order chi connectivity index (χ0) is 18.4. The molecule has 1 nitrogen and oxygen atoms in total. The van der Waals surface area contributed by atoms with Crippen molar-refractivity contribution in [2.24, 2.45) is 0 Å². The van der Waals surface area contributed by atoms with Crippen molar-refractivity contribution in [3.8, 4) is 11.8 Å². The zero-order valence-electron chi connectivity index (χ0n) is 16.4. The third-order valence-corrected chi connectivity index (χ3v) is 5.50. The van der Waals surface area contributed by atoms with E-state index >= 15 is 0 Å².